The van der Waals surface area contributed by atoms with Gasteiger partial charge < -0.3 is 19.3 Å². The van der Waals surface area contributed by atoms with Gasteiger partial charge in [-0.2, -0.15) is 5.26 Å². The van der Waals surface area contributed by atoms with E-state index >= 15 is 0 Å². The number of anilines is 1. The normalized spacial score (nSPS) is 16.5. The van der Waals surface area contributed by atoms with Crippen molar-refractivity contribution in [1.82, 2.24) is 0 Å². The number of carbonyl (C=O) groups excluding carboxylic acids is 2. The lowest BCUT2D eigenvalue weighted by Crippen LogP contribution is -2.29. The molecular weight excluding hydrogens is 484 g/mol. The van der Waals surface area contributed by atoms with Crippen molar-refractivity contribution >= 4 is 34.7 Å². The number of para-hydroxylation sites is 1. The average molecular weight is 505 g/mol. The smallest absolute Gasteiger partial charge is 0.300 e. The SMILES string of the molecule is COc1ccc(/C(O)=C2/C(=O)C(=O)N(c3ccc(C#N)cc3)C2c2cccc(OC)c2OC)cc1Cl. The highest BCUT2D eigenvalue weighted by atomic mass is 35.5. The van der Waals surface area contributed by atoms with Gasteiger partial charge in [0.15, 0.2) is 11.5 Å². The summed E-state index contributed by atoms with van der Waals surface area (Å²) in [5.41, 5.74) is 1.24. The lowest BCUT2D eigenvalue weighted by Gasteiger charge is -2.27. The Hall–Kier alpha value is -4.48. The van der Waals surface area contributed by atoms with Crippen LogP contribution in [0.25, 0.3) is 5.76 Å². The van der Waals surface area contributed by atoms with E-state index < -0.39 is 23.5 Å². The largest absolute Gasteiger partial charge is 0.507 e. The van der Waals surface area contributed by atoms with Crippen LogP contribution in [0.4, 0.5) is 5.69 Å². The molecule has 1 fully saturated rings. The minimum absolute atomic E-state index is 0.155. The molecule has 1 atom stereocenters. The number of hydrogen-bond acceptors (Lipinski definition) is 7. The van der Waals surface area contributed by atoms with E-state index in [1.165, 1.54) is 50.5 Å². The zero-order valence-corrected chi connectivity index (χ0v) is 20.4. The molecule has 0 radical (unpaired) electrons. The molecule has 1 heterocycles. The third kappa shape index (κ3) is 4.10. The number of aliphatic hydroxyl groups excluding tert-OH is 1. The molecule has 1 aliphatic rings. The highest BCUT2D eigenvalue weighted by molar-refractivity contribution is 6.51. The maximum absolute atomic E-state index is 13.4. The molecule has 1 amide bonds. The fraction of sp³-hybridized carbons (Fsp3) is 0.148. The van der Waals surface area contributed by atoms with Gasteiger partial charge in [-0.05, 0) is 48.5 Å². The molecule has 9 heteroatoms. The van der Waals surface area contributed by atoms with Crippen LogP contribution in [-0.2, 0) is 9.59 Å². The Bertz CT molecular complexity index is 1430. The molecule has 8 nitrogen and oxygen atoms in total. The van der Waals surface area contributed by atoms with Crippen molar-refractivity contribution in [3.05, 3.63) is 87.9 Å². The van der Waals surface area contributed by atoms with Crippen molar-refractivity contribution in [2.24, 2.45) is 0 Å². The van der Waals surface area contributed by atoms with Crippen LogP contribution in [-0.4, -0.2) is 38.1 Å². The Morgan fingerprint density at radius 2 is 1.67 bits per heavy atom. The van der Waals surface area contributed by atoms with E-state index in [-0.39, 0.29) is 16.2 Å². The van der Waals surface area contributed by atoms with Crippen LogP contribution in [0.1, 0.15) is 22.7 Å². The number of hydrogen-bond donors (Lipinski definition) is 1. The van der Waals surface area contributed by atoms with E-state index in [1.807, 2.05) is 6.07 Å². The fourth-order valence-electron chi connectivity index (χ4n) is 4.19. The number of rotatable bonds is 6. The van der Waals surface area contributed by atoms with Gasteiger partial charge in [-0.3, -0.25) is 14.5 Å². The predicted molar refractivity (Wildman–Crippen MR) is 133 cm³/mol. The van der Waals surface area contributed by atoms with Crippen molar-refractivity contribution < 1.29 is 28.9 Å². The lowest BCUT2D eigenvalue weighted by molar-refractivity contribution is -0.132. The Labute approximate surface area is 212 Å². The van der Waals surface area contributed by atoms with Gasteiger partial charge in [0, 0.05) is 16.8 Å². The molecule has 0 bridgehead atoms. The molecular formula is C27H21ClN2O6. The first kappa shape index (κ1) is 24.6. The van der Waals surface area contributed by atoms with Gasteiger partial charge in [0.25, 0.3) is 11.7 Å². The molecule has 0 spiro atoms. The van der Waals surface area contributed by atoms with Crippen LogP contribution in [0.5, 0.6) is 17.2 Å². The van der Waals surface area contributed by atoms with Gasteiger partial charge in [0.1, 0.15) is 11.5 Å². The third-order valence-corrected chi connectivity index (χ3v) is 6.17. The number of halogens is 1. The number of ketones is 1. The Kier molecular flexibility index (Phi) is 6.86. The highest BCUT2D eigenvalue weighted by Gasteiger charge is 2.48. The van der Waals surface area contributed by atoms with Crippen LogP contribution in [0.2, 0.25) is 5.02 Å². The molecule has 1 aliphatic heterocycles. The van der Waals surface area contributed by atoms with Gasteiger partial charge in [-0.25, -0.2) is 0 Å². The summed E-state index contributed by atoms with van der Waals surface area (Å²) in [5, 5.41) is 20.7. The molecule has 4 rings (SSSR count). The van der Waals surface area contributed by atoms with Crippen molar-refractivity contribution in [3.8, 4) is 23.3 Å². The Morgan fingerprint density at radius 1 is 0.972 bits per heavy atom. The van der Waals surface area contributed by atoms with Crippen LogP contribution >= 0.6 is 11.6 Å². The van der Waals surface area contributed by atoms with Crippen molar-refractivity contribution in [3.63, 3.8) is 0 Å². The summed E-state index contributed by atoms with van der Waals surface area (Å²) >= 11 is 6.26. The number of carbonyl (C=O) groups is 2. The van der Waals surface area contributed by atoms with Crippen LogP contribution in [0, 0.1) is 11.3 Å². The molecule has 3 aromatic carbocycles. The van der Waals surface area contributed by atoms with Gasteiger partial charge in [0.2, 0.25) is 0 Å². The standard InChI is InChI=1S/C27H21ClN2O6/c1-34-20-12-9-16(13-19(20)28)24(31)22-23(18-5-4-6-21(35-2)26(18)36-3)30(27(33)25(22)32)17-10-7-15(14-29)8-11-17/h4-13,23,31H,1-3H3/b24-22-. The number of benzene rings is 3. The number of amides is 1. The van der Waals surface area contributed by atoms with Crippen molar-refractivity contribution in [2.45, 2.75) is 6.04 Å². The molecule has 0 saturated carbocycles. The minimum atomic E-state index is -1.07. The van der Waals surface area contributed by atoms with Gasteiger partial charge in [0.05, 0.1) is 49.6 Å². The molecule has 1 unspecified atom stereocenters. The number of ether oxygens (including phenoxy) is 3. The van der Waals surface area contributed by atoms with Gasteiger partial charge in [-0.15, -0.1) is 0 Å². The van der Waals surface area contributed by atoms with E-state index in [2.05, 4.69) is 0 Å². The van der Waals surface area contributed by atoms with Crippen LogP contribution < -0.4 is 19.1 Å². The second kappa shape index (κ2) is 10.0. The zero-order valence-electron chi connectivity index (χ0n) is 19.6. The second-order valence-electron chi connectivity index (χ2n) is 7.76. The van der Waals surface area contributed by atoms with Crippen LogP contribution in [0.15, 0.2) is 66.2 Å². The Balaban J connectivity index is 2.00. The first-order chi connectivity index (χ1) is 17.4. The zero-order chi connectivity index (χ0) is 26.0. The quantitative estimate of drug-likeness (QED) is 0.290. The number of methoxy groups -OCH3 is 3. The summed E-state index contributed by atoms with van der Waals surface area (Å²) in [5.74, 6) is -1.09. The first-order valence-corrected chi connectivity index (χ1v) is 11.1. The average Bonchev–Trinajstić information content (AvgIpc) is 3.17. The summed E-state index contributed by atoms with van der Waals surface area (Å²) < 4.78 is 16.2. The number of nitriles is 1. The number of nitrogens with zero attached hydrogens (tertiary/aromatic N) is 2. The summed E-state index contributed by atoms with van der Waals surface area (Å²) in [6, 6.07) is 16.8. The summed E-state index contributed by atoms with van der Waals surface area (Å²) in [7, 11) is 4.37. The van der Waals surface area contributed by atoms with E-state index in [0.717, 1.165) is 0 Å². The molecule has 182 valence electrons. The van der Waals surface area contributed by atoms with Gasteiger partial charge in [-0.1, -0.05) is 23.7 Å². The monoisotopic (exact) mass is 504 g/mol. The summed E-state index contributed by atoms with van der Waals surface area (Å²) in [6.07, 6.45) is 0. The maximum atomic E-state index is 13.4. The fourth-order valence-corrected chi connectivity index (χ4v) is 4.44. The van der Waals surface area contributed by atoms with Crippen LogP contribution in [0.3, 0.4) is 0 Å². The topological polar surface area (TPSA) is 109 Å². The van der Waals surface area contributed by atoms with E-state index in [4.69, 9.17) is 31.1 Å². The molecule has 36 heavy (non-hydrogen) atoms. The molecule has 0 aliphatic carbocycles. The predicted octanol–water partition coefficient (Wildman–Crippen LogP) is 4.86. The molecule has 3 aromatic rings. The first-order valence-electron chi connectivity index (χ1n) is 10.7. The van der Waals surface area contributed by atoms with Crippen molar-refractivity contribution in [2.75, 3.05) is 26.2 Å². The number of aliphatic hydroxyl groups is 1. The second-order valence-corrected chi connectivity index (χ2v) is 8.17. The number of Topliss-reactive ketones (excluding diaryl/α,β-unsaturated/α-hetero) is 1. The van der Waals surface area contributed by atoms with E-state index in [1.54, 1.807) is 36.4 Å². The van der Waals surface area contributed by atoms with E-state index in [9.17, 15) is 14.7 Å². The Morgan fingerprint density at radius 3 is 2.25 bits per heavy atom. The van der Waals surface area contributed by atoms with Gasteiger partial charge >= 0.3 is 0 Å². The van der Waals surface area contributed by atoms with Crippen molar-refractivity contribution in [1.29, 1.82) is 5.26 Å². The van der Waals surface area contributed by atoms with E-state index in [0.29, 0.717) is 34.1 Å². The molecule has 1 saturated heterocycles. The summed E-state index contributed by atoms with van der Waals surface area (Å²) in [6.45, 7) is 0. The highest BCUT2D eigenvalue weighted by Crippen LogP contribution is 2.47. The molecule has 0 aromatic heterocycles. The maximum Gasteiger partial charge on any atom is 0.300 e. The lowest BCUT2D eigenvalue weighted by atomic mass is 9.94. The third-order valence-electron chi connectivity index (χ3n) is 5.87. The minimum Gasteiger partial charge on any atom is -0.507 e. The molecule has 1 N–H and O–H groups in total. The summed E-state index contributed by atoms with van der Waals surface area (Å²) in [4.78, 5) is 28.0.